The van der Waals surface area contributed by atoms with Crippen molar-refractivity contribution < 1.29 is 24.1 Å². The minimum Gasteiger partial charge on any atom is -0.504 e. The van der Waals surface area contributed by atoms with E-state index in [0.29, 0.717) is 0 Å². The fourth-order valence-corrected chi connectivity index (χ4v) is 1.59. The Kier molecular flexibility index (Phi) is 4.17. The van der Waals surface area contributed by atoms with Crippen molar-refractivity contribution >= 4 is 17.6 Å². The number of rotatable bonds is 4. The van der Waals surface area contributed by atoms with Crippen LogP contribution in [-0.2, 0) is 11.2 Å². The van der Waals surface area contributed by atoms with Gasteiger partial charge >= 0.3 is 5.97 Å². The summed E-state index contributed by atoms with van der Waals surface area (Å²) < 4.78 is 18.5. The normalized spacial score (nSPS) is 12.2. The van der Waals surface area contributed by atoms with Gasteiger partial charge in [-0.15, -0.1) is 0 Å². The van der Waals surface area contributed by atoms with Crippen LogP contribution in [-0.4, -0.2) is 23.3 Å². The minimum absolute atomic E-state index is 0.0176. The Morgan fingerprint density at radius 1 is 1.65 bits per heavy atom. The van der Waals surface area contributed by atoms with Crippen molar-refractivity contribution in [3.05, 3.63) is 22.5 Å². The number of phenolic OH excluding ortho intramolecular Hbond substituents is 1. The summed E-state index contributed by atoms with van der Waals surface area (Å²) in [5.74, 6) is -3.13. The Hall–Kier alpha value is -1.49. The zero-order chi connectivity index (χ0) is 13.2. The van der Waals surface area contributed by atoms with E-state index >= 15 is 0 Å². The zero-order valence-corrected chi connectivity index (χ0v) is 10.1. The third kappa shape index (κ3) is 2.79. The molecule has 6 heteroatoms. The first kappa shape index (κ1) is 13.6. The van der Waals surface area contributed by atoms with Gasteiger partial charge in [-0.2, -0.15) is 0 Å². The number of halogens is 2. The molecule has 1 aromatic rings. The van der Waals surface area contributed by atoms with Gasteiger partial charge in [0.25, 0.3) is 0 Å². The summed E-state index contributed by atoms with van der Waals surface area (Å²) in [6.07, 6.45) is -0.163. The van der Waals surface area contributed by atoms with E-state index in [4.69, 9.17) is 21.4 Å². The number of aliphatic carboxylic acids is 1. The molecule has 1 aromatic carbocycles. The maximum absolute atomic E-state index is 13.7. The molecule has 0 bridgehead atoms. The average molecular weight is 263 g/mol. The Morgan fingerprint density at radius 2 is 2.24 bits per heavy atom. The van der Waals surface area contributed by atoms with Crippen molar-refractivity contribution in [3.63, 3.8) is 0 Å². The fourth-order valence-electron chi connectivity index (χ4n) is 1.38. The number of hydrogen-bond donors (Lipinski definition) is 2. The number of carboxylic acids is 1. The van der Waals surface area contributed by atoms with Gasteiger partial charge in [0, 0.05) is 11.6 Å². The van der Waals surface area contributed by atoms with Gasteiger partial charge in [0.1, 0.15) is 5.82 Å². The molecule has 0 spiro atoms. The summed E-state index contributed by atoms with van der Waals surface area (Å²) in [5, 5.41) is 18.2. The van der Waals surface area contributed by atoms with E-state index < -0.39 is 23.5 Å². The summed E-state index contributed by atoms with van der Waals surface area (Å²) in [6, 6.07) is 1.14. The van der Waals surface area contributed by atoms with Crippen molar-refractivity contribution in [2.75, 3.05) is 7.11 Å². The number of benzene rings is 1. The fraction of sp³-hybridized carbons (Fsp3) is 0.364. The van der Waals surface area contributed by atoms with Crippen molar-refractivity contribution in [1.29, 1.82) is 0 Å². The second-order valence-electron chi connectivity index (χ2n) is 3.65. The number of carboxylic acid groups (broad SMARTS) is 1. The number of phenols is 1. The van der Waals surface area contributed by atoms with Crippen LogP contribution in [0.15, 0.2) is 6.07 Å². The van der Waals surface area contributed by atoms with E-state index in [1.54, 1.807) is 0 Å². The van der Waals surface area contributed by atoms with Crippen LogP contribution in [0.4, 0.5) is 4.39 Å². The molecule has 0 aromatic heterocycles. The van der Waals surface area contributed by atoms with Gasteiger partial charge < -0.3 is 14.9 Å². The van der Waals surface area contributed by atoms with Gasteiger partial charge in [0.15, 0.2) is 11.5 Å². The number of carbonyl (C=O) groups is 1. The topological polar surface area (TPSA) is 66.8 Å². The van der Waals surface area contributed by atoms with E-state index in [1.807, 2.05) is 0 Å². The molecule has 1 unspecified atom stereocenters. The largest absolute Gasteiger partial charge is 0.504 e. The minimum atomic E-state index is -1.08. The predicted octanol–water partition coefficient (Wildman–Crippen LogP) is 2.46. The van der Waals surface area contributed by atoms with Crippen LogP contribution < -0.4 is 4.74 Å². The standard InChI is InChI=1S/C11H12ClFO4/c1-5(11(15)16)3-6-9(13)7(12)4-8(17-2)10(6)14/h4-5,14H,3H2,1-2H3,(H,15,16). The lowest BCUT2D eigenvalue weighted by molar-refractivity contribution is -0.141. The van der Waals surface area contributed by atoms with Gasteiger partial charge in [-0.25, -0.2) is 4.39 Å². The zero-order valence-electron chi connectivity index (χ0n) is 9.33. The summed E-state index contributed by atoms with van der Waals surface area (Å²) in [7, 11) is 1.30. The van der Waals surface area contributed by atoms with Crippen molar-refractivity contribution in [2.24, 2.45) is 5.92 Å². The molecule has 0 saturated carbocycles. The Morgan fingerprint density at radius 3 is 2.71 bits per heavy atom. The monoisotopic (exact) mass is 262 g/mol. The molecule has 0 fully saturated rings. The molecule has 4 nitrogen and oxygen atoms in total. The molecule has 0 heterocycles. The predicted molar refractivity (Wildman–Crippen MR) is 60.1 cm³/mol. The van der Waals surface area contributed by atoms with Crippen LogP contribution in [0.25, 0.3) is 0 Å². The van der Waals surface area contributed by atoms with Crippen LogP contribution in [0.3, 0.4) is 0 Å². The van der Waals surface area contributed by atoms with Crippen molar-refractivity contribution in [1.82, 2.24) is 0 Å². The summed E-state index contributed by atoms with van der Waals surface area (Å²) in [6.45, 7) is 1.41. The average Bonchev–Trinajstić information content (AvgIpc) is 2.28. The summed E-state index contributed by atoms with van der Waals surface area (Å²) in [4.78, 5) is 10.7. The summed E-state index contributed by atoms with van der Waals surface area (Å²) >= 11 is 5.62. The molecule has 94 valence electrons. The van der Waals surface area contributed by atoms with Crippen LogP contribution in [0, 0.1) is 11.7 Å². The molecular weight excluding hydrogens is 251 g/mol. The maximum Gasteiger partial charge on any atom is 0.306 e. The summed E-state index contributed by atoms with van der Waals surface area (Å²) in [5.41, 5.74) is -0.149. The lowest BCUT2D eigenvalue weighted by Gasteiger charge is -2.13. The highest BCUT2D eigenvalue weighted by molar-refractivity contribution is 6.31. The molecule has 0 radical (unpaired) electrons. The van der Waals surface area contributed by atoms with Crippen LogP contribution in [0.5, 0.6) is 11.5 Å². The van der Waals surface area contributed by atoms with Crippen LogP contribution in [0.1, 0.15) is 12.5 Å². The smallest absolute Gasteiger partial charge is 0.306 e. The molecule has 17 heavy (non-hydrogen) atoms. The Balaban J connectivity index is 3.22. The maximum atomic E-state index is 13.7. The van der Waals surface area contributed by atoms with Crippen molar-refractivity contribution in [2.45, 2.75) is 13.3 Å². The third-order valence-electron chi connectivity index (χ3n) is 2.40. The highest BCUT2D eigenvalue weighted by atomic mass is 35.5. The number of aromatic hydroxyl groups is 1. The molecule has 0 aliphatic carbocycles. The van der Waals surface area contributed by atoms with Crippen LogP contribution >= 0.6 is 11.6 Å². The van der Waals surface area contributed by atoms with E-state index in [0.717, 1.165) is 6.07 Å². The van der Waals surface area contributed by atoms with Gasteiger partial charge in [-0.3, -0.25) is 4.79 Å². The van der Waals surface area contributed by atoms with Gasteiger partial charge in [0.2, 0.25) is 0 Å². The van der Waals surface area contributed by atoms with E-state index in [9.17, 15) is 14.3 Å². The van der Waals surface area contributed by atoms with Crippen LogP contribution in [0.2, 0.25) is 5.02 Å². The highest BCUT2D eigenvalue weighted by Gasteiger charge is 2.22. The van der Waals surface area contributed by atoms with Gasteiger partial charge in [-0.1, -0.05) is 18.5 Å². The van der Waals surface area contributed by atoms with E-state index in [-0.39, 0.29) is 22.8 Å². The molecule has 0 aliphatic rings. The Labute approximate surface area is 103 Å². The molecule has 0 aliphatic heterocycles. The second kappa shape index (κ2) is 5.23. The van der Waals surface area contributed by atoms with E-state index in [2.05, 4.69) is 0 Å². The van der Waals surface area contributed by atoms with E-state index in [1.165, 1.54) is 14.0 Å². The number of hydrogen-bond acceptors (Lipinski definition) is 3. The first-order valence-electron chi connectivity index (χ1n) is 4.85. The lowest BCUT2D eigenvalue weighted by Crippen LogP contribution is -2.13. The first-order chi connectivity index (χ1) is 7.88. The molecular formula is C11H12ClFO4. The van der Waals surface area contributed by atoms with Gasteiger partial charge in [-0.05, 0) is 6.42 Å². The first-order valence-corrected chi connectivity index (χ1v) is 5.22. The third-order valence-corrected chi connectivity index (χ3v) is 2.68. The SMILES string of the molecule is COc1cc(Cl)c(F)c(CC(C)C(=O)O)c1O. The highest BCUT2D eigenvalue weighted by Crippen LogP contribution is 2.37. The van der Waals surface area contributed by atoms with Gasteiger partial charge in [0.05, 0.1) is 18.1 Å². The van der Waals surface area contributed by atoms with Crippen molar-refractivity contribution in [3.8, 4) is 11.5 Å². The number of ether oxygens (including phenoxy) is 1. The Bertz CT molecular complexity index is 448. The molecule has 1 rings (SSSR count). The lowest BCUT2D eigenvalue weighted by atomic mass is 9.99. The molecule has 2 N–H and O–H groups in total. The molecule has 1 atom stereocenters. The second-order valence-corrected chi connectivity index (χ2v) is 4.05. The number of methoxy groups -OCH3 is 1. The molecule has 0 saturated heterocycles. The quantitative estimate of drug-likeness (QED) is 0.875. The molecule has 0 amide bonds.